The summed E-state index contributed by atoms with van der Waals surface area (Å²) in [5.41, 5.74) is 3.69. The first-order chi connectivity index (χ1) is 12.6. The number of aryl methyl sites for hydroxylation is 3. The van der Waals surface area contributed by atoms with Gasteiger partial charge in [0.05, 0.1) is 5.69 Å². The number of nitrogens with zero attached hydrogens (tertiary/aromatic N) is 4. The second-order valence-corrected chi connectivity index (χ2v) is 7.37. The predicted molar refractivity (Wildman–Crippen MR) is 107 cm³/mol. The van der Waals surface area contributed by atoms with Gasteiger partial charge in [0.15, 0.2) is 0 Å². The first-order valence-corrected chi connectivity index (χ1v) is 9.83. The van der Waals surface area contributed by atoms with Crippen molar-refractivity contribution in [1.29, 1.82) is 0 Å². The molecular weight excluding hydrogens is 322 g/mol. The Morgan fingerprint density at radius 1 is 1.23 bits per heavy atom. The highest BCUT2D eigenvalue weighted by molar-refractivity contribution is 5.46. The van der Waals surface area contributed by atoms with Crippen molar-refractivity contribution in [3.8, 4) is 0 Å². The Morgan fingerprint density at radius 3 is 2.69 bits per heavy atom. The summed E-state index contributed by atoms with van der Waals surface area (Å²) in [5.74, 6) is 2.01. The molecule has 1 atom stereocenters. The summed E-state index contributed by atoms with van der Waals surface area (Å²) in [4.78, 5) is 16.1. The van der Waals surface area contributed by atoms with Gasteiger partial charge in [0.1, 0.15) is 11.6 Å². The van der Waals surface area contributed by atoms with E-state index in [1.54, 1.807) is 0 Å². The van der Waals surface area contributed by atoms with E-state index in [0.29, 0.717) is 6.04 Å². The number of piperidine rings is 1. The van der Waals surface area contributed by atoms with Crippen molar-refractivity contribution in [1.82, 2.24) is 20.3 Å². The summed E-state index contributed by atoms with van der Waals surface area (Å²) < 4.78 is 0. The monoisotopic (exact) mass is 353 g/mol. The minimum absolute atomic E-state index is 0.282. The van der Waals surface area contributed by atoms with Crippen LogP contribution in [0.1, 0.15) is 61.8 Å². The lowest BCUT2D eigenvalue weighted by Gasteiger charge is -2.35. The van der Waals surface area contributed by atoms with Crippen molar-refractivity contribution in [2.45, 2.75) is 65.5 Å². The van der Waals surface area contributed by atoms with E-state index in [1.165, 1.54) is 11.1 Å². The van der Waals surface area contributed by atoms with Gasteiger partial charge >= 0.3 is 0 Å². The van der Waals surface area contributed by atoms with E-state index >= 15 is 0 Å². The van der Waals surface area contributed by atoms with E-state index in [2.05, 4.69) is 47.0 Å². The van der Waals surface area contributed by atoms with Crippen molar-refractivity contribution in [3.63, 3.8) is 0 Å². The van der Waals surface area contributed by atoms with Crippen LogP contribution in [0.3, 0.4) is 0 Å². The van der Waals surface area contributed by atoms with Gasteiger partial charge in [-0.15, -0.1) is 0 Å². The highest BCUT2D eigenvalue weighted by Gasteiger charge is 2.24. The van der Waals surface area contributed by atoms with Gasteiger partial charge in [-0.3, -0.25) is 4.98 Å². The van der Waals surface area contributed by atoms with Crippen molar-refractivity contribution < 1.29 is 0 Å². The molecule has 1 saturated heterocycles. The number of anilines is 1. The molecule has 3 rings (SSSR count). The topological polar surface area (TPSA) is 53.9 Å². The van der Waals surface area contributed by atoms with Crippen molar-refractivity contribution >= 4 is 5.82 Å². The van der Waals surface area contributed by atoms with E-state index in [9.17, 15) is 0 Å². The molecule has 0 unspecified atom stereocenters. The first kappa shape index (κ1) is 18.8. The fourth-order valence-corrected chi connectivity index (χ4v) is 3.84. The molecule has 1 aliphatic rings. The maximum absolute atomic E-state index is 4.74. The van der Waals surface area contributed by atoms with Crippen LogP contribution in [0.15, 0.2) is 24.5 Å². The average Bonchev–Trinajstić information content (AvgIpc) is 2.64. The van der Waals surface area contributed by atoms with Crippen LogP contribution in [0.25, 0.3) is 0 Å². The van der Waals surface area contributed by atoms with Gasteiger partial charge in [-0.2, -0.15) is 0 Å². The fourth-order valence-electron chi connectivity index (χ4n) is 3.84. The zero-order valence-electron chi connectivity index (χ0n) is 16.5. The van der Waals surface area contributed by atoms with Crippen LogP contribution in [0.5, 0.6) is 0 Å². The van der Waals surface area contributed by atoms with Crippen LogP contribution in [0, 0.1) is 13.8 Å². The van der Waals surface area contributed by atoms with Crippen molar-refractivity contribution in [2.75, 3.05) is 18.0 Å². The zero-order valence-corrected chi connectivity index (χ0v) is 16.5. The largest absolute Gasteiger partial charge is 0.356 e. The SMILES string of the molecule is CCCc1cnc(C)nc1N1CCC(N[C@@H](C)c2ncccc2C)CC1. The molecule has 140 valence electrons. The molecule has 0 aliphatic carbocycles. The molecular formula is C21H31N5. The van der Waals surface area contributed by atoms with Gasteiger partial charge in [0, 0.05) is 43.1 Å². The molecule has 5 nitrogen and oxygen atoms in total. The van der Waals surface area contributed by atoms with Gasteiger partial charge in [-0.1, -0.05) is 19.4 Å². The average molecular weight is 354 g/mol. The Hall–Kier alpha value is -2.01. The van der Waals surface area contributed by atoms with E-state index in [-0.39, 0.29) is 6.04 Å². The summed E-state index contributed by atoms with van der Waals surface area (Å²) in [7, 11) is 0. The summed E-state index contributed by atoms with van der Waals surface area (Å²) in [6, 6.07) is 4.95. The Kier molecular flexibility index (Phi) is 6.20. The van der Waals surface area contributed by atoms with E-state index in [0.717, 1.165) is 56.1 Å². The molecule has 0 aromatic carbocycles. The molecule has 5 heteroatoms. The normalized spacial score (nSPS) is 16.7. The molecule has 0 spiro atoms. The first-order valence-electron chi connectivity index (χ1n) is 9.83. The molecule has 1 N–H and O–H groups in total. The Bertz CT molecular complexity index is 722. The molecule has 3 heterocycles. The van der Waals surface area contributed by atoms with Crippen LogP contribution in [-0.2, 0) is 6.42 Å². The van der Waals surface area contributed by atoms with Crippen molar-refractivity contribution in [3.05, 3.63) is 47.2 Å². The number of nitrogens with one attached hydrogen (secondary N) is 1. The molecule has 0 saturated carbocycles. The lowest BCUT2D eigenvalue weighted by Crippen LogP contribution is -2.44. The minimum atomic E-state index is 0.282. The molecule has 2 aromatic heterocycles. The molecule has 2 aromatic rings. The van der Waals surface area contributed by atoms with E-state index in [1.807, 2.05) is 25.4 Å². The summed E-state index contributed by atoms with van der Waals surface area (Å²) in [6.45, 7) is 10.6. The highest BCUT2D eigenvalue weighted by atomic mass is 15.2. The smallest absolute Gasteiger partial charge is 0.135 e. The van der Waals surface area contributed by atoms with Crippen LogP contribution >= 0.6 is 0 Å². The van der Waals surface area contributed by atoms with Crippen LogP contribution in [0.2, 0.25) is 0 Å². The molecule has 1 fully saturated rings. The lowest BCUT2D eigenvalue weighted by atomic mass is 10.0. The second kappa shape index (κ2) is 8.58. The number of hydrogen-bond donors (Lipinski definition) is 1. The van der Waals surface area contributed by atoms with Crippen LogP contribution < -0.4 is 10.2 Å². The standard InChI is InChI=1S/C21H31N5/c1-5-7-18-14-23-17(4)25-21(18)26-12-9-19(10-13-26)24-16(3)20-15(2)8-6-11-22-20/h6,8,11,14,16,19,24H,5,7,9-10,12-13H2,1-4H3/t16-/m0/s1. The molecule has 0 amide bonds. The van der Waals surface area contributed by atoms with Gasteiger partial charge in [0.25, 0.3) is 0 Å². The Balaban J connectivity index is 1.61. The maximum Gasteiger partial charge on any atom is 0.135 e. The van der Waals surface area contributed by atoms with Crippen LogP contribution in [-0.4, -0.2) is 34.1 Å². The zero-order chi connectivity index (χ0) is 18.5. The van der Waals surface area contributed by atoms with Gasteiger partial charge < -0.3 is 10.2 Å². The van der Waals surface area contributed by atoms with Gasteiger partial charge in [0.2, 0.25) is 0 Å². The Morgan fingerprint density at radius 2 is 2.00 bits per heavy atom. The predicted octanol–water partition coefficient (Wildman–Crippen LogP) is 3.76. The molecule has 1 aliphatic heterocycles. The number of pyridine rings is 1. The quantitative estimate of drug-likeness (QED) is 0.857. The fraction of sp³-hybridized carbons (Fsp3) is 0.571. The van der Waals surface area contributed by atoms with E-state index < -0.39 is 0 Å². The van der Waals surface area contributed by atoms with Gasteiger partial charge in [-0.25, -0.2) is 9.97 Å². The third kappa shape index (κ3) is 4.39. The highest BCUT2D eigenvalue weighted by Crippen LogP contribution is 2.24. The van der Waals surface area contributed by atoms with E-state index in [4.69, 9.17) is 4.98 Å². The number of hydrogen-bond acceptors (Lipinski definition) is 5. The molecule has 0 radical (unpaired) electrons. The summed E-state index contributed by atoms with van der Waals surface area (Å²) >= 11 is 0. The number of aromatic nitrogens is 3. The third-order valence-corrected chi connectivity index (χ3v) is 5.22. The third-order valence-electron chi connectivity index (χ3n) is 5.22. The van der Waals surface area contributed by atoms with Crippen LogP contribution in [0.4, 0.5) is 5.82 Å². The maximum atomic E-state index is 4.74. The lowest BCUT2D eigenvalue weighted by molar-refractivity contribution is 0.375. The molecule has 26 heavy (non-hydrogen) atoms. The summed E-state index contributed by atoms with van der Waals surface area (Å²) in [5, 5.41) is 3.78. The summed E-state index contributed by atoms with van der Waals surface area (Å²) in [6.07, 6.45) is 8.32. The minimum Gasteiger partial charge on any atom is -0.356 e. The molecule has 0 bridgehead atoms. The van der Waals surface area contributed by atoms with Gasteiger partial charge in [-0.05, 0) is 51.7 Å². The number of rotatable bonds is 6. The second-order valence-electron chi connectivity index (χ2n) is 7.37. The Labute approximate surface area is 157 Å². The van der Waals surface area contributed by atoms with Crippen molar-refractivity contribution in [2.24, 2.45) is 0 Å².